The summed E-state index contributed by atoms with van der Waals surface area (Å²) in [5.74, 6) is 0.675. The number of nitrogens with zero attached hydrogens (tertiary/aromatic N) is 3. The van der Waals surface area contributed by atoms with Crippen molar-refractivity contribution in [1.29, 1.82) is 0 Å². The Morgan fingerprint density at radius 2 is 2.06 bits per heavy atom. The van der Waals surface area contributed by atoms with Gasteiger partial charge in [-0.15, -0.1) is 0 Å². The summed E-state index contributed by atoms with van der Waals surface area (Å²) in [7, 11) is 3.87. The number of allylic oxidation sites excluding steroid dienone is 1. The number of carbonyl (C=O) groups excluding carboxylic acids is 1. The van der Waals surface area contributed by atoms with E-state index in [0.717, 1.165) is 24.8 Å². The monoisotopic (exact) mass is 231 g/mol. The summed E-state index contributed by atoms with van der Waals surface area (Å²) in [6.45, 7) is 0. The van der Waals surface area contributed by atoms with Gasteiger partial charge in [0.15, 0.2) is 5.78 Å². The van der Waals surface area contributed by atoms with Gasteiger partial charge in [-0.05, 0) is 25.3 Å². The molecule has 1 unspecified atom stereocenters. The molecule has 1 fully saturated rings. The third-order valence-corrected chi connectivity index (χ3v) is 2.88. The van der Waals surface area contributed by atoms with Gasteiger partial charge in [0, 0.05) is 38.3 Å². The fourth-order valence-electron chi connectivity index (χ4n) is 2.15. The first-order chi connectivity index (χ1) is 8.18. The van der Waals surface area contributed by atoms with Gasteiger partial charge in [0.05, 0.1) is 5.92 Å². The number of carbonyl (C=O) groups is 1. The predicted molar refractivity (Wildman–Crippen MR) is 65.4 cm³/mol. The van der Waals surface area contributed by atoms with Crippen molar-refractivity contribution in [2.45, 2.75) is 25.2 Å². The van der Waals surface area contributed by atoms with Crippen molar-refractivity contribution >= 4 is 5.78 Å². The van der Waals surface area contributed by atoms with Gasteiger partial charge >= 0.3 is 0 Å². The molecule has 0 bridgehead atoms. The first kappa shape index (κ1) is 11.8. The van der Waals surface area contributed by atoms with Crippen molar-refractivity contribution in [3.63, 3.8) is 0 Å². The maximum absolute atomic E-state index is 12.3. The molecule has 1 aliphatic rings. The summed E-state index contributed by atoms with van der Waals surface area (Å²) in [6, 6.07) is 1.77. The van der Waals surface area contributed by atoms with E-state index < -0.39 is 0 Å². The normalized spacial score (nSPS) is 22.8. The van der Waals surface area contributed by atoms with E-state index in [4.69, 9.17) is 0 Å². The lowest BCUT2D eigenvalue weighted by atomic mass is 9.84. The molecule has 0 radical (unpaired) electrons. The molecule has 2 rings (SSSR count). The summed E-state index contributed by atoms with van der Waals surface area (Å²) >= 11 is 0. The van der Waals surface area contributed by atoms with Crippen molar-refractivity contribution in [1.82, 2.24) is 14.9 Å². The molecule has 1 aliphatic carbocycles. The molecule has 17 heavy (non-hydrogen) atoms. The summed E-state index contributed by atoms with van der Waals surface area (Å²) in [5, 5.41) is 0. The Bertz CT molecular complexity index is 426. The second kappa shape index (κ2) is 5.08. The maximum atomic E-state index is 12.3. The van der Waals surface area contributed by atoms with Crippen LogP contribution in [0.1, 0.15) is 31.0 Å². The van der Waals surface area contributed by atoms with E-state index in [1.807, 2.05) is 25.2 Å². The highest BCUT2D eigenvalue weighted by atomic mass is 16.1. The molecule has 1 aromatic heterocycles. The van der Waals surface area contributed by atoms with E-state index in [0.29, 0.717) is 5.82 Å². The van der Waals surface area contributed by atoms with Crippen LogP contribution in [0.2, 0.25) is 0 Å². The molecule has 1 heterocycles. The summed E-state index contributed by atoms with van der Waals surface area (Å²) in [4.78, 5) is 22.6. The van der Waals surface area contributed by atoms with Gasteiger partial charge in [-0.1, -0.05) is 0 Å². The van der Waals surface area contributed by atoms with Crippen LogP contribution in [0.25, 0.3) is 0 Å². The van der Waals surface area contributed by atoms with Gasteiger partial charge in [0.1, 0.15) is 5.82 Å². The molecular formula is C13H17N3O. The molecule has 1 aromatic rings. The fraction of sp³-hybridized carbons (Fsp3) is 0.462. The fourth-order valence-corrected chi connectivity index (χ4v) is 2.15. The predicted octanol–water partition coefficient (Wildman–Crippen LogP) is 1.76. The van der Waals surface area contributed by atoms with Gasteiger partial charge in [-0.3, -0.25) is 4.79 Å². The number of hydrogen-bond acceptors (Lipinski definition) is 4. The number of ketones is 1. The molecular weight excluding hydrogens is 214 g/mol. The Labute approximate surface area is 101 Å². The molecule has 1 atom stereocenters. The quantitative estimate of drug-likeness (QED) is 0.728. The van der Waals surface area contributed by atoms with Gasteiger partial charge in [0.2, 0.25) is 0 Å². The second-order valence-electron chi connectivity index (χ2n) is 4.53. The zero-order chi connectivity index (χ0) is 12.3. The lowest BCUT2D eigenvalue weighted by molar-refractivity contribution is -0.118. The van der Waals surface area contributed by atoms with Crippen LogP contribution in [0, 0.1) is 0 Å². The highest BCUT2D eigenvalue weighted by molar-refractivity contribution is 6.00. The van der Waals surface area contributed by atoms with Crippen LogP contribution >= 0.6 is 0 Å². The largest absolute Gasteiger partial charge is 0.383 e. The van der Waals surface area contributed by atoms with Gasteiger partial charge in [-0.25, -0.2) is 9.97 Å². The van der Waals surface area contributed by atoms with Crippen LogP contribution in [0.15, 0.2) is 30.2 Å². The number of hydrogen-bond donors (Lipinski definition) is 0. The zero-order valence-corrected chi connectivity index (χ0v) is 10.3. The smallest absolute Gasteiger partial charge is 0.170 e. The highest BCUT2D eigenvalue weighted by Gasteiger charge is 2.29. The lowest BCUT2D eigenvalue weighted by Crippen LogP contribution is -2.23. The Morgan fingerprint density at radius 3 is 2.71 bits per heavy atom. The molecule has 0 aromatic carbocycles. The van der Waals surface area contributed by atoms with Crippen molar-refractivity contribution in [3.05, 3.63) is 36.1 Å². The average molecular weight is 231 g/mol. The Kier molecular flexibility index (Phi) is 3.52. The van der Waals surface area contributed by atoms with Crippen LogP contribution in [0.4, 0.5) is 0 Å². The van der Waals surface area contributed by atoms with Crippen LogP contribution in [-0.2, 0) is 4.79 Å². The van der Waals surface area contributed by atoms with Crippen molar-refractivity contribution in [2.75, 3.05) is 14.1 Å². The summed E-state index contributed by atoms with van der Waals surface area (Å²) in [5.41, 5.74) is 0.888. The summed E-state index contributed by atoms with van der Waals surface area (Å²) in [6.07, 6.45) is 8.04. The summed E-state index contributed by atoms with van der Waals surface area (Å²) < 4.78 is 0. The van der Waals surface area contributed by atoms with Gasteiger partial charge in [-0.2, -0.15) is 0 Å². The van der Waals surface area contributed by atoms with Gasteiger partial charge < -0.3 is 4.90 Å². The molecule has 0 amide bonds. The standard InChI is InChI=1S/C13H17N3O/c1-16(2)9-10-5-3-6-11(12(10)17)13-14-7-4-8-15-13/h4,7-9,11H,3,5-6H2,1-2H3/b10-9-. The number of Topliss-reactive ketones (excluding diaryl/α,β-unsaturated/α-hetero) is 1. The molecule has 90 valence electrons. The van der Waals surface area contributed by atoms with E-state index in [9.17, 15) is 4.79 Å². The minimum Gasteiger partial charge on any atom is -0.383 e. The number of aromatic nitrogens is 2. The molecule has 4 nitrogen and oxygen atoms in total. The molecule has 0 aliphatic heterocycles. The maximum Gasteiger partial charge on any atom is 0.170 e. The van der Waals surface area contributed by atoms with E-state index in [1.54, 1.807) is 18.5 Å². The lowest BCUT2D eigenvalue weighted by Gasteiger charge is -2.22. The molecule has 0 N–H and O–H groups in total. The minimum absolute atomic E-state index is 0.156. The van der Waals surface area contributed by atoms with Crippen molar-refractivity contribution in [2.24, 2.45) is 0 Å². The van der Waals surface area contributed by atoms with Crippen LogP contribution in [0.5, 0.6) is 0 Å². The molecule has 0 spiro atoms. The highest BCUT2D eigenvalue weighted by Crippen LogP contribution is 2.30. The van der Waals surface area contributed by atoms with Crippen LogP contribution < -0.4 is 0 Å². The van der Waals surface area contributed by atoms with Gasteiger partial charge in [0.25, 0.3) is 0 Å². The van der Waals surface area contributed by atoms with E-state index >= 15 is 0 Å². The molecule has 1 saturated carbocycles. The van der Waals surface area contributed by atoms with Crippen LogP contribution in [-0.4, -0.2) is 34.7 Å². The second-order valence-corrected chi connectivity index (χ2v) is 4.53. The zero-order valence-electron chi connectivity index (χ0n) is 10.3. The van der Waals surface area contributed by atoms with E-state index in [2.05, 4.69) is 9.97 Å². The third-order valence-electron chi connectivity index (χ3n) is 2.88. The topological polar surface area (TPSA) is 46.1 Å². The third kappa shape index (κ3) is 2.70. The van der Waals surface area contributed by atoms with Crippen molar-refractivity contribution < 1.29 is 4.79 Å². The Morgan fingerprint density at radius 1 is 1.35 bits per heavy atom. The van der Waals surface area contributed by atoms with Crippen LogP contribution in [0.3, 0.4) is 0 Å². The van der Waals surface area contributed by atoms with E-state index in [1.165, 1.54) is 0 Å². The SMILES string of the molecule is CN(C)/C=C1/CCCC(c2ncccn2)C1=O. The first-order valence-corrected chi connectivity index (χ1v) is 5.86. The Hall–Kier alpha value is -1.71. The number of rotatable bonds is 2. The molecule has 4 heteroatoms. The van der Waals surface area contributed by atoms with Crippen molar-refractivity contribution in [3.8, 4) is 0 Å². The molecule has 0 saturated heterocycles. The Balaban J connectivity index is 2.23. The minimum atomic E-state index is -0.156. The first-order valence-electron chi connectivity index (χ1n) is 5.86. The van der Waals surface area contributed by atoms with E-state index in [-0.39, 0.29) is 11.7 Å². The average Bonchev–Trinajstić information content (AvgIpc) is 2.32.